The van der Waals surface area contributed by atoms with E-state index in [1.54, 1.807) is 6.92 Å². The summed E-state index contributed by atoms with van der Waals surface area (Å²) in [5, 5.41) is 10.5. The van der Waals surface area contributed by atoms with Crippen LogP contribution >= 0.6 is 0 Å². The van der Waals surface area contributed by atoms with Crippen LogP contribution in [-0.4, -0.2) is 17.0 Å². The second-order valence-corrected chi connectivity index (χ2v) is 8.76. The van der Waals surface area contributed by atoms with E-state index < -0.39 is 0 Å². The van der Waals surface area contributed by atoms with Gasteiger partial charge in [-0.15, -0.1) is 0 Å². The number of aliphatic hydroxyl groups is 1. The highest BCUT2D eigenvalue weighted by Crippen LogP contribution is 2.63. The zero-order valence-corrected chi connectivity index (χ0v) is 16.7. The summed E-state index contributed by atoms with van der Waals surface area (Å²) < 4.78 is 0. The minimum atomic E-state index is -0.103. The molecule has 24 heavy (non-hydrogen) atoms. The first-order valence-electron chi connectivity index (χ1n) is 10.1. The van der Waals surface area contributed by atoms with E-state index >= 15 is 0 Å². The van der Waals surface area contributed by atoms with Crippen molar-refractivity contribution in [2.24, 2.45) is 28.6 Å². The maximum Gasteiger partial charge on any atom is 0.129 e. The third-order valence-corrected chi connectivity index (χ3v) is 7.80. The number of hydrogen-bond acceptors (Lipinski definition) is 2. The van der Waals surface area contributed by atoms with Crippen LogP contribution in [0.25, 0.3) is 0 Å². The molecule has 0 heterocycles. The Balaban J connectivity index is 0.00000100. The van der Waals surface area contributed by atoms with Gasteiger partial charge in [0.25, 0.3) is 0 Å². The van der Waals surface area contributed by atoms with Gasteiger partial charge in [0.15, 0.2) is 0 Å². The van der Waals surface area contributed by atoms with E-state index in [0.29, 0.717) is 30.0 Å². The molecule has 3 aliphatic carbocycles. The molecule has 0 radical (unpaired) electrons. The van der Waals surface area contributed by atoms with Crippen molar-refractivity contribution in [2.45, 2.75) is 92.6 Å². The van der Waals surface area contributed by atoms with Crippen molar-refractivity contribution in [3.8, 4) is 0 Å². The predicted octanol–water partition coefficient (Wildman–Crippen LogP) is 5.54. The highest BCUT2D eigenvalue weighted by molar-refractivity contribution is 5.75. The maximum absolute atomic E-state index is 11.5. The van der Waals surface area contributed by atoms with Gasteiger partial charge in [-0.1, -0.05) is 39.3 Å². The Hall–Kier alpha value is -0.630. The number of allylic oxidation sites excluding steroid dienone is 2. The molecular formula is C22H38O2. The Labute approximate surface area is 149 Å². The van der Waals surface area contributed by atoms with Crippen molar-refractivity contribution in [1.82, 2.24) is 0 Å². The summed E-state index contributed by atoms with van der Waals surface area (Å²) in [5.74, 6) is 2.38. The van der Waals surface area contributed by atoms with Crippen molar-refractivity contribution in [1.29, 1.82) is 0 Å². The van der Waals surface area contributed by atoms with Gasteiger partial charge in [0.2, 0.25) is 0 Å². The van der Waals surface area contributed by atoms with Crippen LogP contribution in [0.3, 0.4) is 0 Å². The van der Waals surface area contributed by atoms with Crippen LogP contribution in [0, 0.1) is 28.6 Å². The van der Waals surface area contributed by atoms with E-state index in [-0.39, 0.29) is 16.9 Å². The molecule has 0 aromatic heterocycles. The van der Waals surface area contributed by atoms with Gasteiger partial charge in [-0.05, 0) is 81.0 Å². The van der Waals surface area contributed by atoms with Gasteiger partial charge in [0.1, 0.15) is 5.78 Å². The molecule has 0 aliphatic heterocycles. The molecule has 0 saturated heterocycles. The molecule has 0 aromatic rings. The van der Waals surface area contributed by atoms with Crippen molar-refractivity contribution in [3.63, 3.8) is 0 Å². The molecule has 1 N–H and O–H groups in total. The zero-order valence-electron chi connectivity index (χ0n) is 16.7. The standard InChI is InChI=1S/C20H32O2.C2H6/c1-13-5-6-15-16-7-8-18(22)20(16,4)12-10-17(15)19(13,3)11-9-14(2)21;1-2/h5,15-18,22H,6-12H2,1-4H3;1-2H3. The summed E-state index contributed by atoms with van der Waals surface area (Å²) in [6, 6.07) is 0. The van der Waals surface area contributed by atoms with Crippen LogP contribution in [0.15, 0.2) is 11.6 Å². The lowest BCUT2D eigenvalue weighted by Gasteiger charge is -2.55. The van der Waals surface area contributed by atoms with Crippen molar-refractivity contribution in [2.75, 3.05) is 0 Å². The van der Waals surface area contributed by atoms with Crippen LogP contribution in [0.5, 0.6) is 0 Å². The number of carbonyl (C=O) groups excluding carboxylic acids is 1. The molecule has 2 nitrogen and oxygen atoms in total. The lowest BCUT2D eigenvalue weighted by atomic mass is 9.49. The van der Waals surface area contributed by atoms with E-state index in [1.807, 2.05) is 13.8 Å². The number of aliphatic hydroxyl groups excluding tert-OH is 1. The summed E-state index contributed by atoms with van der Waals surface area (Å²) >= 11 is 0. The Morgan fingerprint density at radius 2 is 1.88 bits per heavy atom. The summed E-state index contributed by atoms with van der Waals surface area (Å²) in [6.45, 7) is 12.7. The third kappa shape index (κ3) is 3.11. The van der Waals surface area contributed by atoms with Gasteiger partial charge < -0.3 is 9.90 Å². The second kappa shape index (κ2) is 7.32. The fourth-order valence-electron chi connectivity index (χ4n) is 6.04. The zero-order chi connectivity index (χ0) is 18.1. The molecule has 6 unspecified atom stereocenters. The van der Waals surface area contributed by atoms with E-state index in [4.69, 9.17) is 0 Å². The molecule has 6 atom stereocenters. The average molecular weight is 335 g/mol. The first-order valence-corrected chi connectivity index (χ1v) is 10.1. The van der Waals surface area contributed by atoms with Crippen LogP contribution in [0.4, 0.5) is 0 Å². The normalized spacial score (nSPS) is 43.9. The van der Waals surface area contributed by atoms with Gasteiger partial charge in [-0.25, -0.2) is 0 Å². The van der Waals surface area contributed by atoms with Crippen molar-refractivity contribution in [3.05, 3.63) is 11.6 Å². The van der Waals surface area contributed by atoms with E-state index in [2.05, 4.69) is 26.8 Å². The van der Waals surface area contributed by atoms with Crippen LogP contribution in [0.2, 0.25) is 0 Å². The quantitative estimate of drug-likeness (QED) is 0.688. The number of Topliss-reactive ketones (excluding diaryl/α,β-unsaturated/α-hetero) is 1. The Morgan fingerprint density at radius 3 is 2.50 bits per heavy atom. The lowest BCUT2D eigenvalue weighted by molar-refractivity contribution is -0.118. The lowest BCUT2D eigenvalue weighted by Crippen LogP contribution is -2.49. The average Bonchev–Trinajstić information content (AvgIpc) is 2.87. The number of fused-ring (bicyclic) bond motifs is 3. The smallest absolute Gasteiger partial charge is 0.129 e. The van der Waals surface area contributed by atoms with Gasteiger partial charge in [-0.2, -0.15) is 0 Å². The van der Waals surface area contributed by atoms with Crippen LogP contribution < -0.4 is 0 Å². The molecule has 0 spiro atoms. The number of carbonyl (C=O) groups is 1. The first-order chi connectivity index (χ1) is 11.3. The maximum atomic E-state index is 11.5. The Morgan fingerprint density at radius 1 is 1.21 bits per heavy atom. The molecule has 0 aromatic carbocycles. The summed E-state index contributed by atoms with van der Waals surface area (Å²) in [4.78, 5) is 11.5. The fourth-order valence-corrected chi connectivity index (χ4v) is 6.04. The largest absolute Gasteiger partial charge is 0.393 e. The van der Waals surface area contributed by atoms with Gasteiger partial charge >= 0.3 is 0 Å². The van der Waals surface area contributed by atoms with E-state index in [0.717, 1.165) is 19.3 Å². The topological polar surface area (TPSA) is 37.3 Å². The number of hydrogen-bond donors (Lipinski definition) is 1. The minimum Gasteiger partial charge on any atom is -0.393 e. The third-order valence-electron chi connectivity index (χ3n) is 7.80. The molecule has 2 saturated carbocycles. The molecular weight excluding hydrogens is 296 g/mol. The van der Waals surface area contributed by atoms with E-state index in [1.165, 1.54) is 24.8 Å². The monoisotopic (exact) mass is 334 g/mol. The summed E-state index contributed by atoms with van der Waals surface area (Å²) in [5.41, 5.74) is 1.82. The fraction of sp³-hybridized carbons (Fsp3) is 0.864. The van der Waals surface area contributed by atoms with Crippen LogP contribution in [-0.2, 0) is 4.79 Å². The van der Waals surface area contributed by atoms with Crippen molar-refractivity contribution >= 4 is 5.78 Å². The highest BCUT2D eigenvalue weighted by Gasteiger charge is 2.57. The molecule has 3 rings (SSSR count). The van der Waals surface area contributed by atoms with Gasteiger partial charge in [0, 0.05) is 6.42 Å². The minimum absolute atomic E-state index is 0.103. The van der Waals surface area contributed by atoms with Crippen molar-refractivity contribution < 1.29 is 9.90 Å². The predicted molar refractivity (Wildman–Crippen MR) is 101 cm³/mol. The Bertz CT molecular complexity index is 494. The number of rotatable bonds is 3. The van der Waals surface area contributed by atoms with Crippen LogP contribution in [0.1, 0.15) is 86.5 Å². The second-order valence-electron chi connectivity index (χ2n) is 8.76. The summed E-state index contributed by atoms with van der Waals surface area (Å²) in [6.07, 6.45) is 9.77. The molecule has 2 heteroatoms. The first kappa shape index (κ1) is 19.7. The SMILES string of the molecule is CC.CC(=O)CCC1(C)C(C)=CCC2C1CCC1(C)C(O)CCC21. The molecule has 3 aliphatic rings. The van der Waals surface area contributed by atoms with Gasteiger partial charge in [0.05, 0.1) is 6.10 Å². The summed E-state index contributed by atoms with van der Waals surface area (Å²) in [7, 11) is 0. The highest BCUT2D eigenvalue weighted by atomic mass is 16.3. The molecule has 138 valence electrons. The molecule has 0 bridgehead atoms. The molecule has 0 amide bonds. The molecule has 2 fully saturated rings. The number of ketones is 1. The van der Waals surface area contributed by atoms with Gasteiger partial charge in [-0.3, -0.25) is 0 Å². The Kier molecular flexibility index (Phi) is 6.00. The van der Waals surface area contributed by atoms with E-state index in [9.17, 15) is 9.90 Å².